The van der Waals surface area contributed by atoms with Gasteiger partial charge in [-0.2, -0.15) is 0 Å². The summed E-state index contributed by atoms with van der Waals surface area (Å²) in [5, 5.41) is 1.53. The third kappa shape index (κ3) is 8.26. The van der Waals surface area contributed by atoms with Crippen molar-refractivity contribution in [2.24, 2.45) is 0 Å². The highest BCUT2D eigenvalue weighted by Crippen LogP contribution is 2.40. The molecule has 0 spiro atoms. The van der Waals surface area contributed by atoms with Gasteiger partial charge < -0.3 is 8.85 Å². The van der Waals surface area contributed by atoms with Crippen molar-refractivity contribution in [3.05, 3.63) is 0 Å². The average Bonchev–Trinajstić information content (AvgIpc) is 2.50. The van der Waals surface area contributed by atoms with Gasteiger partial charge in [0.2, 0.25) is 5.91 Å². The highest BCUT2D eigenvalue weighted by molar-refractivity contribution is 6.74. The van der Waals surface area contributed by atoms with E-state index in [1.165, 1.54) is 12.2 Å². The lowest BCUT2D eigenvalue weighted by Crippen LogP contribution is -2.48. The quantitative estimate of drug-likeness (QED) is 0.314. The van der Waals surface area contributed by atoms with E-state index < -0.39 is 16.6 Å². The Morgan fingerprint density at radius 1 is 0.893 bits per heavy atom. The fourth-order valence-corrected chi connectivity index (χ4v) is 5.19. The van der Waals surface area contributed by atoms with E-state index in [-0.39, 0.29) is 28.2 Å². The fraction of sp³-hybridized carbons (Fsp3) is 0.952. The Kier molecular flexibility index (Phi) is 10.1. The molecule has 0 aromatic rings. The fourth-order valence-electron chi connectivity index (χ4n) is 2.38. The summed E-state index contributed by atoms with van der Waals surface area (Å²) < 4.78 is 13.3. The smallest absolute Gasteiger partial charge is 0.248 e. The van der Waals surface area contributed by atoms with Gasteiger partial charge in [-0.05, 0) is 49.1 Å². The van der Waals surface area contributed by atoms with Gasteiger partial charge in [0.25, 0.3) is 0 Å². The van der Waals surface area contributed by atoms with Crippen molar-refractivity contribution < 1.29 is 18.5 Å². The summed E-state index contributed by atoms with van der Waals surface area (Å²) in [7, 11) is -0.736. The monoisotopic (exact) mass is 433 g/mol. The SMILES string of the molecule is CC[C@H](CC(CC(=O)N(C)OC)O[Si](C)(C)C(C)(C)C)O[Si](C)(C)C(C)(C)C. The summed E-state index contributed by atoms with van der Waals surface area (Å²) in [6.45, 7) is 24.6. The van der Waals surface area contributed by atoms with Crippen LogP contribution in [0.25, 0.3) is 0 Å². The van der Waals surface area contributed by atoms with Crippen molar-refractivity contribution >= 4 is 22.5 Å². The molecule has 1 amide bonds. The second-order valence-electron chi connectivity index (χ2n) is 10.9. The summed E-state index contributed by atoms with van der Waals surface area (Å²) in [4.78, 5) is 17.6. The van der Waals surface area contributed by atoms with E-state index in [4.69, 9.17) is 13.7 Å². The van der Waals surface area contributed by atoms with Crippen LogP contribution in [-0.4, -0.2) is 54.0 Å². The molecule has 168 valence electrons. The van der Waals surface area contributed by atoms with E-state index in [0.29, 0.717) is 6.42 Å². The first kappa shape index (κ1) is 27.8. The van der Waals surface area contributed by atoms with Crippen molar-refractivity contribution in [2.45, 2.75) is 116 Å². The molecule has 0 aromatic heterocycles. The molecule has 0 aromatic carbocycles. The van der Waals surface area contributed by atoms with Crippen molar-refractivity contribution in [1.29, 1.82) is 0 Å². The second kappa shape index (κ2) is 10.2. The second-order valence-corrected chi connectivity index (χ2v) is 20.4. The first-order chi connectivity index (χ1) is 12.4. The van der Waals surface area contributed by atoms with Crippen molar-refractivity contribution in [1.82, 2.24) is 5.06 Å². The highest BCUT2D eigenvalue weighted by atomic mass is 28.4. The summed E-state index contributed by atoms with van der Waals surface area (Å²) in [5.41, 5.74) is 0. The van der Waals surface area contributed by atoms with Crippen molar-refractivity contribution in [2.75, 3.05) is 14.2 Å². The zero-order chi connectivity index (χ0) is 22.6. The Morgan fingerprint density at radius 2 is 1.29 bits per heavy atom. The number of amides is 1. The Bertz CT molecular complexity index is 496. The molecule has 0 rings (SSSR count). The molecule has 5 nitrogen and oxygen atoms in total. The standard InChI is InChI=1S/C21H47NO4Si2/c1-14-17(25-27(10,11)20(2,3)4)15-18(16-19(23)22(8)24-9)26-28(12,13)21(5,6)7/h17-18H,14-16H2,1-13H3/t17-,18?/m1/s1. The first-order valence-electron chi connectivity index (χ1n) is 10.5. The Labute approximate surface area is 176 Å². The normalized spacial score (nSPS) is 16.0. The molecule has 0 aliphatic carbocycles. The highest BCUT2D eigenvalue weighted by Gasteiger charge is 2.42. The Balaban J connectivity index is 5.51. The number of hydrogen-bond donors (Lipinski definition) is 0. The average molecular weight is 434 g/mol. The first-order valence-corrected chi connectivity index (χ1v) is 16.4. The van der Waals surface area contributed by atoms with Gasteiger partial charge >= 0.3 is 0 Å². The van der Waals surface area contributed by atoms with Crippen LogP contribution in [0.5, 0.6) is 0 Å². The largest absolute Gasteiger partial charge is 0.414 e. The molecular formula is C21H47NO4Si2. The summed E-state index contributed by atoms with van der Waals surface area (Å²) in [6, 6.07) is 0. The molecule has 0 radical (unpaired) electrons. The molecule has 0 saturated carbocycles. The minimum absolute atomic E-state index is 0.0617. The van der Waals surface area contributed by atoms with Gasteiger partial charge in [0, 0.05) is 13.2 Å². The molecule has 0 fully saturated rings. The van der Waals surface area contributed by atoms with E-state index in [0.717, 1.165) is 12.8 Å². The van der Waals surface area contributed by atoms with Crippen molar-refractivity contribution in [3.8, 4) is 0 Å². The maximum absolute atomic E-state index is 12.5. The number of carbonyl (C=O) groups excluding carboxylic acids is 1. The summed E-state index contributed by atoms with van der Waals surface area (Å²) >= 11 is 0. The molecule has 0 heterocycles. The molecule has 0 bridgehead atoms. The molecule has 7 heteroatoms. The lowest BCUT2D eigenvalue weighted by molar-refractivity contribution is -0.170. The summed E-state index contributed by atoms with van der Waals surface area (Å²) in [5.74, 6) is -0.0617. The number of nitrogens with zero attached hydrogens (tertiary/aromatic N) is 1. The topological polar surface area (TPSA) is 48.0 Å². The van der Waals surface area contributed by atoms with E-state index in [2.05, 4.69) is 74.7 Å². The molecule has 0 N–H and O–H groups in total. The van der Waals surface area contributed by atoms with Crippen LogP contribution in [0.3, 0.4) is 0 Å². The molecular weight excluding hydrogens is 386 g/mol. The van der Waals surface area contributed by atoms with Crippen LogP contribution in [0.4, 0.5) is 0 Å². The predicted molar refractivity (Wildman–Crippen MR) is 123 cm³/mol. The minimum atomic E-state index is -2.01. The summed E-state index contributed by atoms with van der Waals surface area (Å²) in [6.07, 6.45) is 1.89. The lowest BCUT2D eigenvalue weighted by Gasteiger charge is -2.42. The van der Waals surface area contributed by atoms with Crippen LogP contribution < -0.4 is 0 Å². The molecule has 28 heavy (non-hydrogen) atoms. The maximum atomic E-state index is 12.5. The van der Waals surface area contributed by atoms with Crippen LogP contribution in [0.15, 0.2) is 0 Å². The van der Waals surface area contributed by atoms with E-state index >= 15 is 0 Å². The molecule has 0 aliphatic rings. The van der Waals surface area contributed by atoms with Gasteiger partial charge in [-0.25, -0.2) is 5.06 Å². The van der Waals surface area contributed by atoms with Crippen LogP contribution in [0.2, 0.25) is 36.3 Å². The van der Waals surface area contributed by atoms with Gasteiger partial charge in [0.1, 0.15) is 0 Å². The number of rotatable bonds is 10. The number of hydroxylamine groups is 2. The van der Waals surface area contributed by atoms with Gasteiger partial charge in [-0.1, -0.05) is 48.5 Å². The number of hydrogen-bond acceptors (Lipinski definition) is 4. The van der Waals surface area contributed by atoms with E-state index in [1.54, 1.807) is 7.05 Å². The maximum Gasteiger partial charge on any atom is 0.248 e. The third-order valence-corrected chi connectivity index (χ3v) is 15.6. The number of carbonyl (C=O) groups is 1. The van der Waals surface area contributed by atoms with E-state index in [1.807, 2.05) is 0 Å². The zero-order valence-electron chi connectivity index (χ0n) is 20.9. The Morgan fingerprint density at radius 3 is 1.61 bits per heavy atom. The molecule has 0 saturated heterocycles. The third-order valence-electron chi connectivity index (χ3n) is 6.54. The zero-order valence-corrected chi connectivity index (χ0v) is 22.9. The predicted octanol–water partition coefficient (Wildman–Crippen LogP) is 5.98. The molecule has 2 atom stereocenters. The van der Waals surface area contributed by atoms with Crippen LogP contribution >= 0.6 is 0 Å². The minimum Gasteiger partial charge on any atom is -0.414 e. The van der Waals surface area contributed by atoms with Gasteiger partial charge in [0.05, 0.1) is 19.6 Å². The van der Waals surface area contributed by atoms with Crippen LogP contribution in [0.1, 0.15) is 67.7 Å². The molecule has 0 aliphatic heterocycles. The van der Waals surface area contributed by atoms with Crippen LogP contribution in [0, 0.1) is 0 Å². The van der Waals surface area contributed by atoms with Crippen molar-refractivity contribution in [3.63, 3.8) is 0 Å². The van der Waals surface area contributed by atoms with Gasteiger partial charge in [-0.3, -0.25) is 9.63 Å². The van der Waals surface area contributed by atoms with E-state index in [9.17, 15) is 4.79 Å². The Hall–Kier alpha value is -0.216. The molecule has 1 unspecified atom stereocenters. The van der Waals surface area contributed by atoms with Gasteiger partial charge in [0.15, 0.2) is 16.6 Å². The lowest BCUT2D eigenvalue weighted by atomic mass is 10.1. The van der Waals surface area contributed by atoms with Gasteiger partial charge in [-0.15, -0.1) is 0 Å². The van der Waals surface area contributed by atoms with Crippen LogP contribution in [-0.2, 0) is 18.5 Å².